The van der Waals surface area contributed by atoms with Crippen molar-refractivity contribution < 1.29 is 9.18 Å². The van der Waals surface area contributed by atoms with Gasteiger partial charge in [-0.25, -0.2) is 9.37 Å². The Labute approximate surface area is 143 Å². The molecule has 7 heteroatoms. The van der Waals surface area contributed by atoms with Crippen molar-refractivity contribution in [3.63, 3.8) is 0 Å². The lowest BCUT2D eigenvalue weighted by Gasteiger charge is -2.34. The van der Waals surface area contributed by atoms with Gasteiger partial charge in [-0.1, -0.05) is 17.7 Å². The van der Waals surface area contributed by atoms with Crippen molar-refractivity contribution in [1.29, 1.82) is 0 Å². The van der Waals surface area contributed by atoms with E-state index in [0.29, 0.717) is 17.0 Å². The van der Waals surface area contributed by atoms with Crippen molar-refractivity contribution in [2.45, 2.75) is 31.8 Å². The van der Waals surface area contributed by atoms with Crippen molar-refractivity contribution in [2.75, 3.05) is 5.88 Å². The Morgan fingerprint density at radius 3 is 3.04 bits per heavy atom. The van der Waals surface area contributed by atoms with Gasteiger partial charge in [0.15, 0.2) is 0 Å². The van der Waals surface area contributed by atoms with E-state index in [2.05, 4.69) is 9.97 Å². The number of nitrogens with one attached hydrogen (secondary N) is 1. The van der Waals surface area contributed by atoms with Crippen LogP contribution in [0.25, 0.3) is 0 Å². The summed E-state index contributed by atoms with van der Waals surface area (Å²) in [6, 6.07) is 4.46. The Bertz CT molecular complexity index is 699. The van der Waals surface area contributed by atoms with E-state index in [9.17, 15) is 9.18 Å². The van der Waals surface area contributed by atoms with E-state index in [1.54, 1.807) is 23.4 Å². The number of carbonyl (C=O) groups is 1. The standard InChI is InChI=1S/C16H16Cl2FN3O/c17-7-16(23)22(8-11-12(18)2-1-3-13(11)19)10-4-5-14-15(6-10)21-9-20-14/h1-3,9-10H,4-8H2,(H,20,21). The van der Waals surface area contributed by atoms with E-state index >= 15 is 0 Å². The first kappa shape index (κ1) is 16.3. The Morgan fingerprint density at radius 2 is 2.30 bits per heavy atom. The molecule has 1 heterocycles. The molecule has 4 nitrogen and oxygen atoms in total. The van der Waals surface area contributed by atoms with Gasteiger partial charge in [0.1, 0.15) is 11.7 Å². The first-order valence-corrected chi connectivity index (χ1v) is 8.31. The molecule has 0 aliphatic heterocycles. The lowest BCUT2D eigenvalue weighted by molar-refractivity contribution is -0.131. The average Bonchev–Trinajstić information content (AvgIpc) is 3.01. The molecule has 1 aliphatic carbocycles. The number of fused-ring (bicyclic) bond motifs is 1. The van der Waals surface area contributed by atoms with Crippen LogP contribution in [-0.4, -0.2) is 32.7 Å². The number of alkyl halides is 1. The number of imidazole rings is 1. The smallest absolute Gasteiger partial charge is 0.238 e. The zero-order valence-electron chi connectivity index (χ0n) is 12.4. The zero-order valence-corrected chi connectivity index (χ0v) is 13.9. The second-order valence-electron chi connectivity index (χ2n) is 5.58. The monoisotopic (exact) mass is 355 g/mol. The summed E-state index contributed by atoms with van der Waals surface area (Å²) in [5.41, 5.74) is 2.37. The number of aromatic amines is 1. The van der Waals surface area contributed by atoms with Crippen LogP contribution < -0.4 is 0 Å². The summed E-state index contributed by atoms with van der Waals surface area (Å²) in [4.78, 5) is 21.3. The summed E-state index contributed by atoms with van der Waals surface area (Å²) in [5.74, 6) is -0.778. The predicted octanol–water partition coefficient (Wildman–Crippen LogP) is 3.33. The number of nitrogens with zero attached hydrogens (tertiary/aromatic N) is 2. The summed E-state index contributed by atoms with van der Waals surface area (Å²) in [6.07, 6.45) is 3.87. The molecule has 1 aliphatic rings. The molecule has 0 spiro atoms. The summed E-state index contributed by atoms with van der Waals surface area (Å²) < 4.78 is 14.1. The largest absolute Gasteiger partial charge is 0.348 e. The molecule has 3 rings (SSSR count). The van der Waals surface area contributed by atoms with E-state index in [-0.39, 0.29) is 24.4 Å². The third kappa shape index (κ3) is 3.35. The SMILES string of the molecule is O=C(CCl)N(Cc1c(F)cccc1Cl)C1CCc2nc[nH]c2C1. The average molecular weight is 356 g/mol. The molecule has 1 unspecified atom stereocenters. The molecule has 1 amide bonds. The fourth-order valence-corrected chi connectivity index (χ4v) is 3.38. The molecule has 0 saturated heterocycles. The minimum atomic E-state index is -0.414. The molecule has 2 aromatic rings. The highest BCUT2D eigenvalue weighted by Crippen LogP contribution is 2.27. The number of hydrogen-bond acceptors (Lipinski definition) is 2. The number of halogens is 3. The number of carbonyl (C=O) groups excluding carboxylic acids is 1. The van der Waals surface area contributed by atoms with Crippen LogP contribution in [-0.2, 0) is 24.2 Å². The fraction of sp³-hybridized carbons (Fsp3) is 0.375. The topological polar surface area (TPSA) is 49.0 Å². The lowest BCUT2D eigenvalue weighted by Crippen LogP contribution is -2.43. The summed E-state index contributed by atoms with van der Waals surface area (Å²) >= 11 is 11.8. The van der Waals surface area contributed by atoms with Crippen LogP contribution in [0.5, 0.6) is 0 Å². The van der Waals surface area contributed by atoms with E-state index in [1.807, 2.05) is 0 Å². The van der Waals surface area contributed by atoms with Gasteiger partial charge in [0.2, 0.25) is 5.91 Å². The van der Waals surface area contributed by atoms with Gasteiger partial charge in [0, 0.05) is 28.7 Å². The maximum atomic E-state index is 14.1. The van der Waals surface area contributed by atoms with Crippen LogP contribution in [0, 0.1) is 5.82 Å². The van der Waals surface area contributed by atoms with Crippen molar-refractivity contribution in [3.05, 3.63) is 52.3 Å². The molecule has 0 saturated carbocycles. The van der Waals surface area contributed by atoms with E-state index in [1.165, 1.54) is 6.07 Å². The molecule has 0 bridgehead atoms. The predicted molar refractivity (Wildman–Crippen MR) is 87.1 cm³/mol. The van der Waals surface area contributed by atoms with Crippen molar-refractivity contribution in [1.82, 2.24) is 14.9 Å². The van der Waals surface area contributed by atoms with Gasteiger partial charge < -0.3 is 9.88 Å². The fourth-order valence-electron chi connectivity index (χ4n) is 3.00. The van der Waals surface area contributed by atoms with E-state index in [4.69, 9.17) is 23.2 Å². The minimum Gasteiger partial charge on any atom is -0.348 e. The number of aromatic nitrogens is 2. The number of aryl methyl sites for hydroxylation is 1. The maximum absolute atomic E-state index is 14.1. The van der Waals surface area contributed by atoms with Gasteiger partial charge in [-0.3, -0.25) is 4.79 Å². The molecular formula is C16H16Cl2FN3O. The van der Waals surface area contributed by atoms with Gasteiger partial charge in [0.25, 0.3) is 0 Å². The van der Waals surface area contributed by atoms with Crippen LogP contribution in [0.1, 0.15) is 23.4 Å². The van der Waals surface area contributed by atoms with Crippen molar-refractivity contribution in [3.8, 4) is 0 Å². The van der Waals surface area contributed by atoms with Crippen molar-refractivity contribution in [2.24, 2.45) is 0 Å². The minimum absolute atomic E-state index is 0.0510. The molecule has 122 valence electrons. The molecule has 1 aromatic carbocycles. The molecule has 1 N–H and O–H groups in total. The summed E-state index contributed by atoms with van der Waals surface area (Å²) in [5, 5.41) is 0.315. The molecule has 0 fully saturated rings. The highest BCUT2D eigenvalue weighted by atomic mass is 35.5. The summed E-state index contributed by atoms with van der Waals surface area (Å²) in [6.45, 7) is 0.116. The zero-order chi connectivity index (χ0) is 16.4. The molecule has 23 heavy (non-hydrogen) atoms. The third-order valence-corrected chi connectivity index (χ3v) is 4.81. The quantitative estimate of drug-likeness (QED) is 0.855. The van der Waals surface area contributed by atoms with E-state index < -0.39 is 5.82 Å². The van der Waals surface area contributed by atoms with Gasteiger partial charge in [0.05, 0.1) is 18.6 Å². The normalized spacial score (nSPS) is 16.9. The van der Waals surface area contributed by atoms with Crippen molar-refractivity contribution >= 4 is 29.1 Å². The number of hydrogen-bond donors (Lipinski definition) is 1. The van der Waals surface area contributed by atoms with Gasteiger partial charge in [-0.05, 0) is 25.0 Å². The van der Waals surface area contributed by atoms with Crippen LogP contribution >= 0.6 is 23.2 Å². The van der Waals surface area contributed by atoms with E-state index in [0.717, 1.165) is 24.2 Å². The van der Waals surface area contributed by atoms with Crippen LogP contribution in [0.3, 0.4) is 0 Å². The molecule has 1 atom stereocenters. The number of rotatable bonds is 4. The number of amides is 1. The number of benzene rings is 1. The lowest BCUT2D eigenvalue weighted by atomic mass is 9.94. The molecule has 1 aromatic heterocycles. The summed E-state index contributed by atoms with van der Waals surface area (Å²) in [7, 11) is 0. The first-order valence-electron chi connectivity index (χ1n) is 7.39. The Morgan fingerprint density at radius 1 is 1.48 bits per heavy atom. The van der Waals surface area contributed by atoms with Gasteiger partial charge in [-0.15, -0.1) is 11.6 Å². The molecular weight excluding hydrogens is 340 g/mol. The van der Waals surface area contributed by atoms with Gasteiger partial charge >= 0.3 is 0 Å². The first-order chi connectivity index (χ1) is 11.1. The second-order valence-corrected chi connectivity index (χ2v) is 6.25. The van der Waals surface area contributed by atoms with Crippen LogP contribution in [0.2, 0.25) is 5.02 Å². The second kappa shape index (κ2) is 6.89. The van der Waals surface area contributed by atoms with Crippen LogP contribution in [0.4, 0.5) is 4.39 Å². The maximum Gasteiger partial charge on any atom is 0.238 e. The highest BCUT2D eigenvalue weighted by molar-refractivity contribution is 6.31. The third-order valence-electron chi connectivity index (χ3n) is 4.23. The van der Waals surface area contributed by atoms with Gasteiger partial charge in [-0.2, -0.15) is 0 Å². The van der Waals surface area contributed by atoms with Crippen LogP contribution in [0.15, 0.2) is 24.5 Å². The Balaban J connectivity index is 1.86. The molecule has 0 radical (unpaired) electrons. The Kier molecular flexibility index (Phi) is 4.87. The Hall–Kier alpha value is -1.59. The highest BCUT2D eigenvalue weighted by Gasteiger charge is 2.29. The number of H-pyrrole nitrogens is 1.